The number of aliphatic hydroxyl groups is 1. The summed E-state index contributed by atoms with van der Waals surface area (Å²) in [6.45, 7) is 1.59. The van der Waals surface area contributed by atoms with Gasteiger partial charge in [0.1, 0.15) is 5.75 Å². The van der Waals surface area contributed by atoms with Gasteiger partial charge in [0.05, 0.1) is 31.3 Å². The summed E-state index contributed by atoms with van der Waals surface area (Å²) < 4.78 is 4.75. The van der Waals surface area contributed by atoms with Gasteiger partial charge in [-0.1, -0.05) is 6.07 Å². The molecule has 5 nitrogen and oxygen atoms in total. The fourth-order valence-electron chi connectivity index (χ4n) is 1.49. The fraction of sp³-hybridized carbons (Fsp3) is 0.333. The molecule has 0 fully saturated rings. The summed E-state index contributed by atoms with van der Waals surface area (Å²) in [5, 5.41) is 27.6. The Hall–Kier alpha value is -2.06. The number of carbonyl (C=O) groups is 1. The Morgan fingerprint density at radius 3 is 2.76 bits per heavy atom. The standard InChI is InChI=1S/C12H13NO4/c1-2-17-12(16)5-9-10(6-13)8(7-14)3-4-11(9)15/h3-4,14-15H,2,5,7H2,1H3. The van der Waals surface area contributed by atoms with Gasteiger partial charge in [-0.2, -0.15) is 5.26 Å². The van der Waals surface area contributed by atoms with E-state index in [9.17, 15) is 9.90 Å². The van der Waals surface area contributed by atoms with Crippen molar-refractivity contribution in [2.75, 3.05) is 6.61 Å². The average molecular weight is 235 g/mol. The van der Waals surface area contributed by atoms with Crippen molar-refractivity contribution in [2.45, 2.75) is 20.0 Å². The summed E-state index contributed by atoms with van der Waals surface area (Å²) in [4.78, 5) is 11.3. The molecule has 17 heavy (non-hydrogen) atoms. The quantitative estimate of drug-likeness (QED) is 0.755. The molecule has 2 N–H and O–H groups in total. The molecule has 1 aromatic carbocycles. The van der Waals surface area contributed by atoms with Crippen LogP contribution in [0.15, 0.2) is 12.1 Å². The second kappa shape index (κ2) is 5.87. The van der Waals surface area contributed by atoms with Gasteiger partial charge in [-0.15, -0.1) is 0 Å². The Labute approximate surface area is 98.9 Å². The Morgan fingerprint density at radius 1 is 1.53 bits per heavy atom. The first-order chi connectivity index (χ1) is 8.13. The van der Waals surface area contributed by atoms with E-state index < -0.39 is 5.97 Å². The number of nitriles is 1. The SMILES string of the molecule is CCOC(=O)Cc1c(O)ccc(CO)c1C#N. The van der Waals surface area contributed by atoms with Crippen LogP contribution >= 0.6 is 0 Å². The molecule has 1 rings (SSSR count). The van der Waals surface area contributed by atoms with Crippen molar-refractivity contribution < 1.29 is 19.7 Å². The Kier molecular flexibility index (Phi) is 4.49. The van der Waals surface area contributed by atoms with Crippen LogP contribution in [-0.4, -0.2) is 22.8 Å². The van der Waals surface area contributed by atoms with E-state index in [1.165, 1.54) is 12.1 Å². The summed E-state index contributed by atoms with van der Waals surface area (Å²) in [5.74, 6) is -0.666. The molecule has 5 heteroatoms. The number of esters is 1. The van der Waals surface area contributed by atoms with Crippen LogP contribution < -0.4 is 0 Å². The molecular weight excluding hydrogens is 222 g/mol. The van der Waals surface area contributed by atoms with Crippen LogP contribution in [-0.2, 0) is 22.6 Å². The summed E-state index contributed by atoms with van der Waals surface area (Å²) in [6, 6.07) is 4.67. The van der Waals surface area contributed by atoms with Crippen molar-refractivity contribution >= 4 is 5.97 Å². The Morgan fingerprint density at radius 2 is 2.24 bits per heavy atom. The molecular formula is C12H13NO4. The zero-order valence-corrected chi connectivity index (χ0v) is 9.43. The maximum atomic E-state index is 11.3. The summed E-state index contributed by atoms with van der Waals surface area (Å²) in [6.07, 6.45) is -0.184. The lowest BCUT2D eigenvalue weighted by Crippen LogP contribution is -2.10. The molecule has 0 heterocycles. The number of benzene rings is 1. The molecule has 0 unspecified atom stereocenters. The highest BCUT2D eigenvalue weighted by molar-refractivity contribution is 5.75. The lowest BCUT2D eigenvalue weighted by molar-refractivity contribution is -0.142. The van der Waals surface area contributed by atoms with Gasteiger partial charge in [-0.3, -0.25) is 4.79 Å². The third kappa shape index (κ3) is 2.95. The molecule has 0 aliphatic carbocycles. The smallest absolute Gasteiger partial charge is 0.310 e. The number of ether oxygens (including phenoxy) is 1. The molecule has 90 valence electrons. The minimum Gasteiger partial charge on any atom is -0.508 e. The lowest BCUT2D eigenvalue weighted by atomic mass is 9.99. The van der Waals surface area contributed by atoms with Gasteiger partial charge >= 0.3 is 5.97 Å². The zero-order chi connectivity index (χ0) is 12.8. The van der Waals surface area contributed by atoms with Gasteiger partial charge in [0.2, 0.25) is 0 Å². The number of carbonyl (C=O) groups excluding carboxylic acids is 1. The number of phenols is 1. The normalized spacial score (nSPS) is 9.71. The van der Waals surface area contributed by atoms with Gasteiger partial charge in [0, 0.05) is 5.56 Å². The molecule has 0 saturated heterocycles. The summed E-state index contributed by atoms with van der Waals surface area (Å²) >= 11 is 0. The van der Waals surface area contributed by atoms with Crippen LogP contribution in [0, 0.1) is 11.3 Å². The van der Waals surface area contributed by atoms with E-state index >= 15 is 0 Å². The van der Waals surface area contributed by atoms with E-state index in [4.69, 9.17) is 15.1 Å². The van der Waals surface area contributed by atoms with E-state index in [-0.39, 0.29) is 36.5 Å². The maximum absolute atomic E-state index is 11.3. The molecule has 1 aromatic rings. The molecule has 0 bridgehead atoms. The van der Waals surface area contributed by atoms with Crippen LogP contribution in [0.25, 0.3) is 0 Å². The minimum atomic E-state index is -0.519. The minimum absolute atomic E-state index is 0.126. The molecule has 0 amide bonds. The Bertz CT molecular complexity index is 462. The molecule has 0 spiro atoms. The number of phenolic OH excluding ortho intramolecular Hbond substituents is 1. The largest absolute Gasteiger partial charge is 0.508 e. The van der Waals surface area contributed by atoms with Gasteiger partial charge in [-0.05, 0) is 18.6 Å². The molecule has 0 atom stereocenters. The van der Waals surface area contributed by atoms with Crippen molar-refractivity contribution in [3.63, 3.8) is 0 Å². The van der Waals surface area contributed by atoms with Gasteiger partial charge < -0.3 is 14.9 Å². The number of aromatic hydroxyl groups is 1. The van der Waals surface area contributed by atoms with Gasteiger partial charge in [0.15, 0.2) is 0 Å². The predicted octanol–water partition coefficient (Wildman–Crippen LogP) is 0.862. The predicted molar refractivity (Wildman–Crippen MR) is 59.1 cm³/mol. The van der Waals surface area contributed by atoms with Crippen LogP contribution in [0.2, 0.25) is 0 Å². The molecule has 0 radical (unpaired) electrons. The number of hydrogen-bond donors (Lipinski definition) is 2. The highest BCUT2D eigenvalue weighted by atomic mass is 16.5. The first-order valence-corrected chi connectivity index (χ1v) is 5.14. The van der Waals surface area contributed by atoms with Crippen molar-refractivity contribution in [3.8, 4) is 11.8 Å². The highest BCUT2D eigenvalue weighted by Crippen LogP contribution is 2.25. The maximum Gasteiger partial charge on any atom is 0.310 e. The van der Waals surface area contributed by atoms with Gasteiger partial charge in [-0.25, -0.2) is 0 Å². The van der Waals surface area contributed by atoms with Crippen molar-refractivity contribution in [3.05, 3.63) is 28.8 Å². The van der Waals surface area contributed by atoms with E-state index in [1.54, 1.807) is 6.92 Å². The highest BCUT2D eigenvalue weighted by Gasteiger charge is 2.16. The fourth-order valence-corrected chi connectivity index (χ4v) is 1.49. The molecule has 0 aliphatic heterocycles. The molecule has 0 saturated carbocycles. The van der Waals surface area contributed by atoms with Crippen LogP contribution in [0.1, 0.15) is 23.6 Å². The summed E-state index contributed by atoms with van der Waals surface area (Å²) in [5.41, 5.74) is 0.697. The Balaban J connectivity index is 3.13. The van der Waals surface area contributed by atoms with E-state index in [0.717, 1.165) is 0 Å². The molecule has 0 aromatic heterocycles. The zero-order valence-electron chi connectivity index (χ0n) is 9.43. The number of nitrogens with zero attached hydrogens (tertiary/aromatic N) is 1. The second-order valence-electron chi connectivity index (χ2n) is 3.35. The third-order valence-corrected chi connectivity index (χ3v) is 2.28. The summed E-state index contributed by atoms with van der Waals surface area (Å²) in [7, 11) is 0. The first kappa shape index (κ1) is 13.0. The van der Waals surface area contributed by atoms with Gasteiger partial charge in [0.25, 0.3) is 0 Å². The van der Waals surface area contributed by atoms with Crippen LogP contribution in [0.3, 0.4) is 0 Å². The monoisotopic (exact) mass is 235 g/mol. The van der Waals surface area contributed by atoms with Crippen molar-refractivity contribution in [1.82, 2.24) is 0 Å². The topological polar surface area (TPSA) is 90.6 Å². The third-order valence-electron chi connectivity index (χ3n) is 2.28. The van der Waals surface area contributed by atoms with Crippen LogP contribution in [0.5, 0.6) is 5.75 Å². The first-order valence-electron chi connectivity index (χ1n) is 5.14. The van der Waals surface area contributed by atoms with E-state index in [2.05, 4.69) is 0 Å². The number of aliphatic hydroxyl groups excluding tert-OH is 1. The average Bonchev–Trinajstić information content (AvgIpc) is 2.31. The second-order valence-corrected chi connectivity index (χ2v) is 3.35. The van der Waals surface area contributed by atoms with E-state index in [1.807, 2.05) is 6.07 Å². The lowest BCUT2D eigenvalue weighted by Gasteiger charge is -2.09. The number of hydrogen-bond acceptors (Lipinski definition) is 5. The molecule has 0 aliphatic rings. The van der Waals surface area contributed by atoms with Crippen molar-refractivity contribution in [2.24, 2.45) is 0 Å². The number of rotatable bonds is 4. The van der Waals surface area contributed by atoms with Crippen molar-refractivity contribution in [1.29, 1.82) is 5.26 Å². The van der Waals surface area contributed by atoms with Crippen LogP contribution in [0.4, 0.5) is 0 Å². The van der Waals surface area contributed by atoms with E-state index in [0.29, 0.717) is 5.56 Å².